The molecule has 2 rings (SSSR count). The van der Waals surface area contributed by atoms with Gasteiger partial charge in [-0.25, -0.2) is 4.39 Å². The number of benzene rings is 1. The zero-order chi connectivity index (χ0) is 18.0. The summed E-state index contributed by atoms with van der Waals surface area (Å²) >= 11 is 0. The fourth-order valence-corrected chi connectivity index (χ4v) is 2.95. The first-order valence-electron chi connectivity index (χ1n) is 7.47. The normalized spacial score (nSPS) is 17.9. The van der Waals surface area contributed by atoms with Gasteiger partial charge < -0.3 is 5.32 Å². The van der Waals surface area contributed by atoms with Gasteiger partial charge in [-0.2, -0.15) is 26.3 Å². The summed E-state index contributed by atoms with van der Waals surface area (Å²) in [4.78, 5) is 1.55. The lowest BCUT2D eigenvalue weighted by Crippen LogP contribution is -2.45. The van der Waals surface area contributed by atoms with Crippen LogP contribution in [0.3, 0.4) is 0 Å². The van der Waals surface area contributed by atoms with Crippen molar-refractivity contribution in [3.8, 4) is 0 Å². The summed E-state index contributed by atoms with van der Waals surface area (Å²) in [6.07, 6.45) is -11.2. The van der Waals surface area contributed by atoms with Crippen molar-refractivity contribution in [3.05, 3.63) is 35.1 Å². The van der Waals surface area contributed by atoms with Crippen LogP contribution >= 0.6 is 12.4 Å². The van der Waals surface area contributed by atoms with E-state index in [1.54, 1.807) is 4.90 Å². The van der Waals surface area contributed by atoms with Gasteiger partial charge >= 0.3 is 12.4 Å². The number of hydrogen-bond acceptors (Lipinski definition) is 2. The van der Waals surface area contributed by atoms with E-state index in [4.69, 9.17) is 0 Å². The zero-order valence-electron chi connectivity index (χ0n) is 13.1. The van der Waals surface area contributed by atoms with Crippen LogP contribution in [0.25, 0.3) is 0 Å². The van der Waals surface area contributed by atoms with Crippen LogP contribution in [0.1, 0.15) is 30.0 Å². The van der Waals surface area contributed by atoms with E-state index < -0.39 is 48.2 Å². The van der Waals surface area contributed by atoms with E-state index in [0.717, 1.165) is 12.1 Å². The van der Waals surface area contributed by atoms with Crippen LogP contribution in [-0.4, -0.2) is 37.3 Å². The average molecular weight is 395 g/mol. The molecule has 1 aromatic rings. The minimum Gasteiger partial charge on any atom is -0.314 e. The van der Waals surface area contributed by atoms with Crippen molar-refractivity contribution >= 4 is 12.4 Å². The second-order valence-electron chi connectivity index (χ2n) is 5.66. The Balaban J connectivity index is 0.00000312. The minimum absolute atomic E-state index is 0. The molecule has 0 spiro atoms. The maximum absolute atomic E-state index is 13.8. The number of nitrogens with one attached hydrogen (secondary N) is 1. The van der Waals surface area contributed by atoms with Crippen molar-refractivity contribution in [3.63, 3.8) is 0 Å². The molecule has 0 aromatic heterocycles. The SMILES string of the molecule is Cl.Fc1cccc([C@@H](CCC(F)(F)F)N2CCNCC2)c1C(F)(F)F. The highest BCUT2D eigenvalue weighted by Gasteiger charge is 2.40. The molecule has 1 saturated heterocycles. The monoisotopic (exact) mass is 394 g/mol. The minimum atomic E-state index is -4.97. The first kappa shape index (κ1) is 22.0. The topological polar surface area (TPSA) is 15.3 Å². The predicted octanol–water partition coefficient (Wildman–Crippen LogP) is 4.56. The Hall–Kier alpha value is -1.06. The standard InChI is InChI=1S/C15H17F7N2.ClH/c16-11-3-1-2-10(13(11)15(20,21)22)12(4-5-14(17,18)19)24-8-6-23-7-9-24;/h1-3,12,23H,4-9H2;1H/t12-;/m1./s1. The highest BCUT2D eigenvalue weighted by molar-refractivity contribution is 5.85. The van der Waals surface area contributed by atoms with Gasteiger partial charge in [-0.1, -0.05) is 12.1 Å². The Bertz CT molecular complexity index is 554. The number of alkyl halides is 6. The fraction of sp³-hybridized carbons (Fsp3) is 0.600. The number of nitrogens with zero attached hydrogens (tertiary/aromatic N) is 1. The number of halogens is 8. The van der Waals surface area contributed by atoms with Crippen LogP contribution in [-0.2, 0) is 6.18 Å². The molecule has 1 atom stereocenters. The number of piperazine rings is 1. The Morgan fingerprint density at radius 2 is 1.64 bits per heavy atom. The van der Waals surface area contributed by atoms with E-state index in [1.165, 1.54) is 0 Å². The number of rotatable bonds is 4. The van der Waals surface area contributed by atoms with Gasteiger partial charge in [0.05, 0.1) is 5.56 Å². The van der Waals surface area contributed by atoms with Crippen molar-refractivity contribution in [1.29, 1.82) is 0 Å². The molecule has 0 aliphatic carbocycles. The molecule has 1 aliphatic heterocycles. The van der Waals surface area contributed by atoms with E-state index in [1.807, 2.05) is 0 Å². The molecule has 25 heavy (non-hydrogen) atoms. The Morgan fingerprint density at radius 1 is 1.04 bits per heavy atom. The summed E-state index contributed by atoms with van der Waals surface area (Å²) in [7, 11) is 0. The van der Waals surface area contributed by atoms with Gasteiger partial charge in [-0.15, -0.1) is 12.4 Å². The Morgan fingerprint density at radius 3 is 2.16 bits per heavy atom. The Kier molecular flexibility index (Phi) is 7.52. The third kappa shape index (κ3) is 6.00. The summed E-state index contributed by atoms with van der Waals surface area (Å²) in [6.45, 7) is 1.52. The molecule has 1 aromatic carbocycles. The first-order chi connectivity index (χ1) is 11.1. The van der Waals surface area contributed by atoms with Gasteiger partial charge in [0, 0.05) is 38.6 Å². The molecule has 1 fully saturated rings. The van der Waals surface area contributed by atoms with Crippen LogP contribution in [0.2, 0.25) is 0 Å². The van der Waals surface area contributed by atoms with Crippen LogP contribution in [0.4, 0.5) is 30.7 Å². The molecule has 0 amide bonds. The smallest absolute Gasteiger partial charge is 0.314 e. The molecule has 0 radical (unpaired) electrons. The maximum Gasteiger partial charge on any atom is 0.419 e. The van der Waals surface area contributed by atoms with E-state index in [-0.39, 0.29) is 12.4 Å². The van der Waals surface area contributed by atoms with Crippen molar-refractivity contribution in [2.45, 2.75) is 31.2 Å². The van der Waals surface area contributed by atoms with E-state index in [0.29, 0.717) is 32.2 Å². The van der Waals surface area contributed by atoms with Crippen LogP contribution < -0.4 is 5.32 Å². The van der Waals surface area contributed by atoms with Gasteiger partial charge in [0.15, 0.2) is 0 Å². The first-order valence-corrected chi connectivity index (χ1v) is 7.47. The Labute approximate surface area is 146 Å². The van der Waals surface area contributed by atoms with Gasteiger partial charge in [0.2, 0.25) is 0 Å². The van der Waals surface area contributed by atoms with E-state index in [9.17, 15) is 30.7 Å². The van der Waals surface area contributed by atoms with E-state index in [2.05, 4.69) is 5.32 Å². The molecule has 0 bridgehead atoms. The summed E-state index contributed by atoms with van der Waals surface area (Å²) in [5.41, 5.74) is -1.91. The van der Waals surface area contributed by atoms with Gasteiger partial charge in [0.25, 0.3) is 0 Å². The van der Waals surface area contributed by atoms with Gasteiger partial charge in [-0.3, -0.25) is 4.90 Å². The lowest BCUT2D eigenvalue weighted by Gasteiger charge is -2.36. The van der Waals surface area contributed by atoms with Gasteiger partial charge in [-0.05, 0) is 18.1 Å². The zero-order valence-corrected chi connectivity index (χ0v) is 13.9. The average Bonchev–Trinajstić information content (AvgIpc) is 2.46. The second-order valence-corrected chi connectivity index (χ2v) is 5.66. The van der Waals surface area contributed by atoms with Gasteiger partial charge in [0.1, 0.15) is 5.82 Å². The summed E-state index contributed by atoms with van der Waals surface area (Å²) in [5, 5.41) is 2.99. The maximum atomic E-state index is 13.8. The second kappa shape index (κ2) is 8.55. The molecular weight excluding hydrogens is 377 g/mol. The predicted molar refractivity (Wildman–Crippen MR) is 81.1 cm³/mol. The highest BCUT2D eigenvalue weighted by atomic mass is 35.5. The van der Waals surface area contributed by atoms with Crippen LogP contribution in [0.5, 0.6) is 0 Å². The van der Waals surface area contributed by atoms with E-state index >= 15 is 0 Å². The highest BCUT2D eigenvalue weighted by Crippen LogP contribution is 2.40. The largest absolute Gasteiger partial charge is 0.419 e. The van der Waals surface area contributed by atoms with Crippen molar-refractivity contribution in [2.75, 3.05) is 26.2 Å². The third-order valence-corrected chi connectivity index (χ3v) is 3.98. The molecule has 2 nitrogen and oxygen atoms in total. The molecular formula is C15H18ClF7N2. The molecule has 144 valence electrons. The third-order valence-electron chi connectivity index (χ3n) is 3.98. The van der Waals surface area contributed by atoms with Crippen molar-refractivity contribution < 1.29 is 30.7 Å². The number of hydrogen-bond donors (Lipinski definition) is 1. The molecule has 1 heterocycles. The summed E-state index contributed by atoms with van der Waals surface area (Å²) in [5.74, 6) is -1.47. The lowest BCUT2D eigenvalue weighted by molar-refractivity contribution is -0.142. The molecule has 10 heteroatoms. The van der Waals surface area contributed by atoms with Crippen molar-refractivity contribution in [2.24, 2.45) is 0 Å². The lowest BCUT2D eigenvalue weighted by atomic mass is 9.94. The summed E-state index contributed by atoms with van der Waals surface area (Å²) < 4.78 is 91.2. The van der Waals surface area contributed by atoms with Crippen molar-refractivity contribution in [1.82, 2.24) is 10.2 Å². The molecule has 0 unspecified atom stereocenters. The fourth-order valence-electron chi connectivity index (χ4n) is 2.95. The molecule has 1 N–H and O–H groups in total. The molecule has 0 saturated carbocycles. The van der Waals surface area contributed by atoms with Crippen LogP contribution in [0.15, 0.2) is 18.2 Å². The quantitative estimate of drug-likeness (QED) is 0.753. The molecule has 1 aliphatic rings. The summed E-state index contributed by atoms with van der Waals surface area (Å²) in [6, 6.07) is 1.70. The van der Waals surface area contributed by atoms with Crippen LogP contribution in [0, 0.1) is 5.82 Å².